The van der Waals surface area contributed by atoms with Crippen LogP contribution in [0.1, 0.15) is 19.4 Å². The van der Waals surface area contributed by atoms with Crippen molar-refractivity contribution in [2.24, 2.45) is 0 Å². The predicted molar refractivity (Wildman–Crippen MR) is 79.8 cm³/mol. The molecule has 1 aliphatic rings. The van der Waals surface area contributed by atoms with Crippen LogP contribution in [0.15, 0.2) is 23.1 Å². The summed E-state index contributed by atoms with van der Waals surface area (Å²) >= 11 is 0. The number of benzene rings is 1. The monoisotopic (exact) mass is 312 g/mol. The van der Waals surface area contributed by atoms with Gasteiger partial charge in [0, 0.05) is 32.8 Å². The van der Waals surface area contributed by atoms with E-state index in [2.05, 4.69) is 4.72 Å². The number of rotatable bonds is 5. The Labute approximate surface area is 125 Å². The number of methoxy groups -OCH3 is 1. The van der Waals surface area contributed by atoms with Crippen molar-refractivity contribution < 1.29 is 17.9 Å². The number of ether oxygens (including phenoxy) is 1. The van der Waals surface area contributed by atoms with E-state index in [0.29, 0.717) is 13.0 Å². The Hall–Kier alpha value is -1.44. The van der Waals surface area contributed by atoms with Crippen LogP contribution in [0.4, 0.5) is 5.69 Å². The van der Waals surface area contributed by atoms with E-state index in [0.717, 1.165) is 11.3 Å². The number of carbonyl (C=O) groups is 1. The zero-order chi connectivity index (χ0) is 15.6. The number of carbonyl (C=O) groups excluding carboxylic acids is 1. The number of amides is 1. The molecule has 1 heterocycles. The van der Waals surface area contributed by atoms with Gasteiger partial charge >= 0.3 is 0 Å². The van der Waals surface area contributed by atoms with Crippen molar-refractivity contribution in [3.05, 3.63) is 23.8 Å². The average Bonchev–Trinajstić information content (AvgIpc) is 2.87. The van der Waals surface area contributed by atoms with Crippen molar-refractivity contribution in [1.29, 1.82) is 0 Å². The molecule has 0 aliphatic carbocycles. The largest absolute Gasteiger partial charge is 0.380 e. The maximum absolute atomic E-state index is 12.2. The summed E-state index contributed by atoms with van der Waals surface area (Å²) in [7, 11) is -2.03. The molecule has 0 saturated carbocycles. The molecular weight excluding hydrogens is 292 g/mol. The van der Waals surface area contributed by atoms with E-state index in [-0.39, 0.29) is 23.5 Å². The second-order valence-electron chi connectivity index (χ2n) is 5.11. The number of hydrogen-bond acceptors (Lipinski definition) is 4. The first-order valence-corrected chi connectivity index (χ1v) is 8.27. The SMILES string of the molecule is COC(C)CNS(=O)(=O)c1ccc2c(c1)CCN2C(C)=O. The zero-order valence-electron chi connectivity index (χ0n) is 12.4. The molecule has 21 heavy (non-hydrogen) atoms. The molecule has 6 nitrogen and oxygen atoms in total. The van der Waals surface area contributed by atoms with Gasteiger partial charge in [-0.2, -0.15) is 0 Å². The second-order valence-corrected chi connectivity index (χ2v) is 6.88. The summed E-state index contributed by atoms with van der Waals surface area (Å²) in [5.41, 5.74) is 1.68. The molecule has 1 aromatic carbocycles. The van der Waals surface area contributed by atoms with Gasteiger partial charge in [0.25, 0.3) is 0 Å². The third kappa shape index (κ3) is 3.42. The van der Waals surface area contributed by atoms with E-state index in [9.17, 15) is 13.2 Å². The van der Waals surface area contributed by atoms with Gasteiger partial charge in [-0.3, -0.25) is 4.79 Å². The summed E-state index contributed by atoms with van der Waals surface area (Å²) in [4.78, 5) is 13.4. The molecule has 0 radical (unpaired) electrons. The Bertz CT molecular complexity index is 642. The lowest BCUT2D eigenvalue weighted by Gasteiger charge is -2.15. The van der Waals surface area contributed by atoms with Crippen LogP contribution < -0.4 is 9.62 Å². The lowest BCUT2D eigenvalue weighted by molar-refractivity contribution is -0.116. The van der Waals surface area contributed by atoms with Crippen LogP contribution in [0.5, 0.6) is 0 Å². The number of hydrogen-bond donors (Lipinski definition) is 1. The van der Waals surface area contributed by atoms with E-state index in [1.54, 1.807) is 24.0 Å². The van der Waals surface area contributed by atoms with Crippen LogP contribution >= 0.6 is 0 Å². The predicted octanol–water partition coefficient (Wildman–Crippen LogP) is 0.909. The first kappa shape index (κ1) is 15.9. The third-order valence-electron chi connectivity index (χ3n) is 3.60. The standard InChI is InChI=1S/C14H20N2O4S/c1-10(20-3)9-15-21(18,19)13-4-5-14-12(8-13)6-7-16(14)11(2)17/h4-5,8,10,15H,6-7,9H2,1-3H3. The summed E-state index contributed by atoms with van der Waals surface area (Å²) < 4.78 is 32.0. The van der Waals surface area contributed by atoms with Gasteiger partial charge in [-0.05, 0) is 37.1 Å². The van der Waals surface area contributed by atoms with Crippen molar-refractivity contribution in [1.82, 2.24) is 4.72 Å². The van der Waals surface area contributed by atoms with E-state index >= 15 is 0 Å². The van der Waals surface area contributed by atoms with Gasteiger partial charge in [-0.25, -0.2) is 13.1 Å². The smallest absolute Gasteiger partial charge is 0.240 e. The Morgan fingerprint density at radius 3 is 2.81 bits per heavy atom. The molecule has 0 aromatic heterocycles. The van der Waals surface area contributed by atoms with Gasteiger partial charge in [0.1, 0.15) is 0 Å². The van der Waals surface area contributed by atoms with Crippen LogP contribution in [0.3, 0.4) is 0 Å². The van der Waals surface area contributed by atoms with Gasteiger partial charge in [0.05, 0.1) is 11.0 Å². The Kier molecular flexibility index (Phi) is 4.65. The number of fused-ring (bicyclic) bond motifs is 1. The van der Waals surface area contributed by atoms with Crippen LogP contribution in [0, 0.1) is 0 Å². The summed E-state index contributed by atoms with van der Waals surface area (Å²) in [5.74, 6) is -0.0311. The fourth-order valence-corrected chi connectivity index (χ4v) is 3.43. The van der Waals surface area contributed by atoms with Crippen LogP contribution in [-0.2, 0) is 26.0 Å². The number of nitrogens with zero attached hydrogens (tertiary/aromatic N) is 1. The Morgan fingerprint density at radius 1 is 1.48 bits per heavy atom. The van der Waals surface area contributed by atoms with Crippen molar-refractivity contribution in [2.75, 3.05) is 25.1 Å². The summed E-state index contributed by atoms with van der Waals surface area (Å²) in [6.07, 6.45) is 0.481. The lowest BCUT2D eigenvalue weighted by atomic mass is 10.2. The molecule has 1 atom stereocenters. The highest BCUT2D eigenvalue weighted by Gasteiger charge is 2.24. The van der Waals surface area contributed by atoms with Gasteiger partial charge < -0.3 is 9.64 Å². The maximum Gasteiger partial charge on any atom is 0.240 e. The fourth-order valence-electron chi connectivity index (χ4n) is 2.27. The minimum Gasteiger partial charge on any atom is -0.380 e. The Morgan fingerprint density at radius 2 is 2.19 bits per heavy atom. The molecule has 0 spiro atoms. The molecule has 0 bridgehead atoms. The third-order valence-corrected chi connectivity index (χ3v) is 5.02. The lowest BCUT2D eigenvalue weighted by Crippen LogP contribution is -2.31. The topological polar surface area (TPSA) is 75.7 Å². The average molecular weight is 312 g/mol. The van der Waals surface area contributed by atoms with E-state index in [1.165, 1.54) is 20.1 Å². The normalized spacial score (nSPS) is 15.9. The van der Waals surface area contributed by atoms with Crippen molar-refractivity contribution in [3.63, 3.8) is 0 Å². The molecule has 1 amide bonds. The highest BCUT2D eigenvalue weighted by atomic mass is 32.2. The molecule has 1 N–H and O–H groups in total. The number of sulfonamides is 1. The van der Waals surface area contributed by atoms with Gasteiger partial charge in [0.15, 0.2) is 0 Å². The molecule has 1 aliphatic heterocycles. The molecular formula is C14H20N2O4S. The summed E-state index contributed by atoms with van der Waals surface area (Å²) in [6.45, 7) is 4.11. The number of nitrogens with one attached hydrogen (secondary N) is 1. The van der Waals surface area contributed by atoms with Crippen molar-refractivity contribution >= 4 is 21.6 Å². The van der Waals surface area contributed by atoms with E-state index in [1.807, 2.05) is 0 Å². The zero-order valence-corrected chi connectivity index (χ0v) is 13.2. The van der Waals surface area contributed by atoms with Gasteiger partial charge in [-0.1, -0.05) is 0 Å². The molecule has 0 saturated heterocycles. The summed E-state index contributed by atoms with van der Waals surface area (Å²) in [6, 6.07) is 4.86. The minimum atomic E-state index is -3.56. The molecule has 1 aromatic rings. The highest BCUT2D eigenvalue weighted by Crippen LogP contribution is 2.30. The Balaban J connectivity index is 2.21. The molecule has 1 unspecified atom stereocenters. The number of anilines is 1. The quantitative estimate of drug-likeness (QED) is 0.877. The molecule has 0 fully saturated rings. The minimum absolute atomic E-state index is 0.0311. The first-order valence-electron chi connectivity index (χ1n) is 6.78. The first-order chi connectivity index (χ1) is 9.85. The van der Waals surface area contributed by atoms with Crippen LogP contribution in [-0.4, -0.2) is 40.6 Å². The van der Waals surface area contributed by atoms with E-state index in [4.69, 9.17) is 4.74 Å². The summed E-state index contributed by atoms with van der Waals surface area (Å²) in [5, 5.41) is 0. The van der Waals surface area contributed by atoms with Crippen molar-refractivity contribution in [2.45, 2.75) is 31.3 Å². The van der Waals surface area contributed by atoms with Crippen LogP contribution in [0.2, 0.25) is 0 Å². The maximum atomic E-state index is 12.2. The van der Waals surface area contributed by atoms with Gasteiger partial charge in [-0.15, -0.1) is 0 Å². The van der Waals surface area contributed by atoms with Crippen LogP contribution in [0.25, 0.3) is 0 Å². The van der Waals surface area contributed by atoms with E-state index < -0.39 is 10.0 Å². The highest BCUT2D eigenvalue weighted by molar-refractivity contribution is 7.89. The molecule has 2 rings (SSSR count). The second kappa shape index (κ2) is 6.13. The van der Waals surface area contributed by atoms with Gasteiger partial charge in [0.2, 0.25) is 15.9 Å². The van der Waals surface area contributed by atoms with Crippen molar-refractivity contribution in [3.8, 4) is 0 Å². The fraction of sp³-hybridized carbons (Fsp3) is 0.500. The molecule has 7 heteroatoms. The molecule has 116 valence electrons.